The van der Waals surface area contributed by atoms with E-state index < -0.39 is 15.8 Å². The molecule has 0 aromatic heterocycles. The van der Waals surface area contributed by atoms with E-state index in [4.69, 9.17) is 11.6 Å². The van der Waals surface area contributed by atoms with Crippen molar-refractivity contribution in [3.05, 3.63) is 58.4 Å². The Morgan fingerprint density at radius 2 is 1.83 bits per heavy atom. The Morgan fingerprint density at radius 3 is 2.40 bits per heavy atom. The van der Waals surface area contributed by atoms with Crippen LogP contribution in [0.4, 0.5) is 10.1 Å². The quantitative estimate of drug-likeness (QED) is 0.700. The van der Waals surface area contributed by atoms with Gasteiger partial charge >= 0.3 is 0 Å². The third-order valence-electron chi connectivity index (χ3n) is 5.03. The van der Waals surface area contributed by atoms with Crippen molar-refractivity contribution in [2.45, 2.75) is 51.1 Å². The van der Waals surface area contributed by atoms with Crippen LogP contribution in [-0.2, 0) is 15.4 Å². The minimum absolute atomic E-state index is 0.0103. The van der Waals surface area contributed by atoms with E-state index in [0.717, 1.165) is 5.56 Å². The molecule has 1 heterocycles. The van der Waals surface area contributed by atoms with Gasteiger partial charge in [-0.05, 0) is 49.1 Å². The molecule has 0 bridgehead atoms. The van der Waals surface area contributed by atoms with Crippen LogP contribution in [0.1, 0.15) is 45.7 Å². The second-order valence-electron chi connectivity index (χ2n) is 8.19. The molecule has 1 atom stereocenters. The largest absolute Gasteiger partial charge is 0.334 e. The Bertz CT molecular complexity index is 1080. The Morgan fingerprint density at radius 1 is 1.20 bits per heavy atom. The normalized spacial score (nSPS) is 17.0. The number of sulfonamides is 1. The Balaban J connectivity index is 2.02. The number of nitrogens with one attached hydrogen (secondary N) is 2. The van der Waals surface area contributed by atoms with Gasteiger partial charge in [0, 0.05) is 6.54 Å². The number of hydrogen-bond donors (Lipinski definition) is 2. The summed E-state index contributed by atoms with van der Waals surface area (Å²) in [7, 11) is -3.95. The number of rotatable bonds is 5. The molecule has 0 amide bonds. The van der Waals surface area contributed by atoms with Crippen LogP contribution < -0.4 is 10.1 Å². The van der Waals surface area contributed by atoms with Gasteiger partial charge in [-0.1, -0.05) is 44.5 Å². The molecule has 162 valence electrons. The second-order valence-corrected chi connectivity index (χ2v) is 10.3. The molecule has 0 radical (unpaired) electrons. The van der Waals surface area contributed by atoms with Crippen molar-refractivity contribution in [1.82, 2.24) is 10.3 Å². The van der Waals surface area contributed by atoms with Crippen molar-refractivity contribution in [1.29, 1.82) is 0 Å². The topological polar surface area (TPSA) is 73.8 Å². The molecular weight excluding hydrogens is 427 g/mol. The third kappa shape index (κ3) is 4.25. The number of halogens is 2. The lowest BCUT2D eigenvalue weighted by atomic mass is 9.87. The minimum Gasteiger partial charge on any atom is -0.334 e. The van der Waals surface area contributed by atoms with Crippen molar-refractivity contribution in [2.24, 2.45) is 5.10 Å². The zero-order valence-electron chi connectivity index (χ0n) is 17.6. The van der Waals surface area contributed by atoms with Crippen LogP contribution in [0.25, 0.3) is 0 Å². The van der Waals surface area contributed by atoms with Gasteiger partial charge in [-0.15, -0.1) is 0 Å². The fraction of sp³-hybridized carbons (Fsp3) is 0.381. The SMILES string of the molecule is CCN1C(c2c(NS(=O)(=O)c3ccc(C(C)(C)C)cc3)ccc(Cl)c2F)=NNC1C. The van der Waals surface area contributed by atoms with Gasteiger partial charge < -0.3 is 4.90 Å². The third-order valence-corrected chi connectivity index (χ3v) is 6.70. The van der Waals surface area contributed by atoms with Crippen molar-refractivity contribution in [3.63, 3.8) is 0 Å². The summed E-state index contributed by atoms with van der Waals surface area (Å²) in [5.41, 5.74) is 3.88. The van der Waals surface area contributed by atoms with E-state index in [1.165, 1.54) is 12.1 Å². The molecule has 2 aromatic carbocycles. The zero-order valence-corrected chi connectivity index (χ0v) is 19.2. The van der Waals surface area contributed by atoms with E-state index >= 15 is 4.39 Å². The number of anilines is 1. The molecule has 2 N–H and O–H groups in total. The Labute approximate surface area is 182 Å². The van der Waals surface area contributed by atoms with Gasteiger partial charge in [-0.2, -0.15) is 5.10 Å². The first-order chi connectivity index (χ1) is 14.0. The highest BCUT2D eigenvalue weighted by molar-refractivity contribution is 7.92. The highest BCUT2D eigenvalue weighted by atomic mass is 35.5. The lowest BCUT2D eigenvalue weighted by Crippen LogP contribution is -2.38. The predicted molar refractivity (Wildman–Crippen MR) is 119 cm³/mol. The van der Waals surface area contributed by atoms with Crippen LogP contribution >= 0.6 is 11.6 Å². The van der Waals surface area contributed by atoms with Crippen LogP contribution in [0.2, 0.25) is 5.02 Å². The molecule has 0 aliphatic carbocycles. The summed E-state index contributed by atoms with van der Waals surface area (Å²) in [5.74, 6) is -0.432. The molecule has 9 heteroatoms. The summed E-state index contributed by atoms with van der Waals surface area (Å²) in [6.45, 7) is 10.5. The highest BCUT2D eigenvalue weighted by Crippen LogP contribution is 2.31. The summed E-state index contributed by atoms with van der Waals surface area (Å²) in [6, 6.07) is 9.42. The number of benzene rings is 2. The summed E-state index contributed by atoms with van der Waals surface area (Å²) in [4.78, 5) is 1.91. The molecule has 6 nitrogen and oxygen atoms in total. The number of hydrazone groups is 1. The van der Waals surface area contributed by atoms with Gasteiger partial charge in [0.05, 0.1) is 21.2 Å². The lowest BCUT2D eigenvalue weighted by molar-refractivity contribution is 0.335. The first kappa shape index (κ1) is 22.4. The maximum atomic E-state index is 15.0. The summed E-state index contributed by atoms with van der Waals surface area (Å²) in [5, 5.41) is 4.09. The molecule has 1 unspecified atom stereocenters. The van der Waals surface area contributed by atoms with Crippen LogP contribution in [-0.4, -0.2) is 31.9 Å². The van der Waals surface area contributed by atoms with E-state index in [0.29, 0.717) is 12.4 Å². The average molecular weight is 453 g/mol. The zero-order chi connectivity index (χ0) is 22.3. The molecule has 0 saturated carbocycles. The van der Waals surface area contributed by atoms with Gasteiger partial charge in [-0.3, -0.25) is 10.1 Å². The van der Waals surface area contributed by atoms with Crippen molar-refractivity contribution in [2.75, 3.05) is 11.3 Å². The molecule has 1 aliphatic heterocycles. The molecule has 0 spiro atoms. The van der Waals surface area contributed by atoms with Crippen molar-refractivity contribution >= 4 is 33.1 Å². The summed E-state index contributed by atoms with van der Waals surface area (Å²) in [6.07, 6.45) is -0.155. The predicted octanol–water partition coefficient (Wildman–Crippen LogP) is 4.51. The monoisotopic (exact) mass is 452 g/mol. The fourth-order valence-corrected chi connectivity index (χ4v) is 4.52. The van der Waals surface area contributed by atoms with Crippen LogP contribution in [0, 0.1) is 5.82 Å². The van der Waals surface area contributed by atoms with E-state index in [-0.39, 0.29) is 32.7 Å². The molecule has 2 aromatic rings. The van der Waals surface area contributed by atoms with E-state index in [9.17, 15) is 8.42 Å². The number of amidine groups is 1. The summed E-state index contributed by atoms with van der Waals surface area (Å²) < 4.78 is 43.5. The molecule has 3 rings (SSSR count). The smallest absolute Gasteiger partial charge is 0.261 e. The van der Waals surface area contributed by atoms with Gasteiger partial charge in [0.15, 0.2) is 11.7 Å². The molecular formula is C21H26ClFN4O2S. The first-order valence-corrected chi connectivity index (χ1v) is 11.5. The molecule has 30 heavy (non-hydrogen) atoms. The summed E-state index contributed by atoms with van der Waals surface area (Å²) >= 11 is 5.99. The molecule has 1 aliphatic rings. The standard InChI is InChI=1S/C21H26ClFN4O2S/c1-6-27-13(2)24-25-20(27)18-17(12-11-16(22)19(18)23)26-30(28,29)15-9-7-14(8-10-15)21(3,4)5/h7-13,24,26H,6H2,1-5H3. The van der Waals surface area contributed by atoms with Crippen LogP contribution in [0.15, 0.2) is 46.4 Å². The van der Waals surface area contributed by atoms with E-state index in [1.807, 2.05) is 39.5 Å². The second kappa shape index (κ2) is 8.07. The average Bonchev–Trinajstić information content (AvgIpc) is 3.04. The first-order valence-electron chi connectivity index (χ1n) is 9.67. The number of nitrogens with zero attached hydrogens (tertiary/aromatic N) is 2. The number of hydrogen-bond acceptors (Lipinski definition) is 5. The molecule has 0 saturated heterocycles. The van der Waals surface area contributed by atoms with Crippen LogP contribution in [0.3, 0.4) is 0 Å². The van der Waals surface area contributed by atoms with Gasteiger partial charge in [-0.25, -0.2) is 12.8 Å². The van der Waals surface area contributed by atoms with Gasteiger partial charge in [0.2, 0.25) is 0 Å². The van der Waals surface area contributed by atoms with Gasteiger partial charge in [0.1, 0.15) is 6.17 Å². The molecule has 0 fully saturated rings. The maximum Gasteiger partial charge on any atom is 0.261 e. The van der Waals surface area contributed by atoms with Gasteiger partial charge in [0.25, 0.3) is 10.0 Å². The fourth-order valence-electron chi connectivity index (χ4n) is 3.29. The Hall–Kier alpha value is -2.32. The van der Waals surface area contributed by atoms with E-state index in [2.05, 4.69) is 15.2 Å². The highest BCUT2D eigenvalue weighted by Gasteiger charge is 2.30. The lowest BCUT2D eigenvalue weighted by Gasteiger charge is -2.24. The van der Waals surface area contributed by atoms with Crippen molar-refractivity contribution < 1.29 is 12.8 Å². The van der Waals surface area contributed by atoms with Crippen molar-refractivity contribution in [3.8, 4) is 0 Å². The maximum absolute atomic E-state index is 15.0. The van der Waals surface area contributed by atoms with Crippen LogP contribution in [0.5, 0.6) is 0 Å². The van der Waals surface area contributed by atoms with E-state index in [1.54, 1.807) is 24.3 Å². The Kier molecular flexibility index (Phi) is 6.02. The minimum atomic E-state index is -3.95.